The van der Waals surface area contributed by atoms with Crippen LogP contribution in [0.15, 0.2) is 23.7 Å². The van der Waals surface area contributed by atoms with Crippen LogP contribution in [-0.4, -0.2) is 10.2 Å². The molecule has 0 unspecified atom stereocenters. The Morgan fingerprint density at radius 3 is 2.56 bits per heavy atom. The van der Waals surface area contributed by atoms with Gasteiger partial charge in [0, 0.05) is 10.6 Å². The van der Waals surface area contributed by atoms with Gasteiger partial charge < -0.3 is 0 Å². The first-order valence-corrected chi connectivity index (χ1v) is 6.31. The Bertz CT molecular complexity index is 486. The molecule has 2 nitrogen and oxygen atoms in total. The summed E-state index contributed by atoms with van der Waals surface area (Å²) in [5.41, 5.74) is 4.14. The summed E-state index contributed by atoms with van der Waals surface area (Å²) in [4.78, 5) is 0. The van der Waals surface area contributed by atoms with Crippen LogP contribution in [0.4, 0.5) is 0 Å². The monoisotopic (exact) mass is 252 g/mol. The van der Waals surface area contributed by atoms with E-state index in [0.717, 1.165) is 15.6 Å². The third kappa shape index (κ3) is 2.25. The molecule has 0 aliphatic rings. The van der Waals surface area contributed by atoms with Gasteiger partial charge in [0.05, 0.1) is 0 Å². The fourth-order valence-corrected chi connectivity index (χ4v) is 2.39. The molecule has 2 aromatic rings. The van der Waals surface area contributed by atoms with Crippen LogP contribution in [0.25, 0.3) is 10.6 Å². The molecule has 0 N–H and O–H groups in total. The average Bonchev–Trinajstić information content (AvgIpc) is 2.68. The van der Waals surface area contributed by atoms with Crippen molar-refractivity contribution in [3.8, 4) is 10.6 Å². The fraction of sp³-hybridized carbons (Fsp3) is 0.333. The van der Waals surface area contributed by atoms with Gasteiger partial charge in [-0.2, -0.15) is 0 Å². The molecule has 0 fully saturated rings. The van der Waals surface area contributed by atoms with E-state index >= 15 is 0 Å². The van der Waals surface area contributed by atoms with E-state index in [-0.39, 0.29) is 5.41 Å². The summed E-state index contributed by atoms with van der Waals surface area (Å²) in [7, 11) is 0. The van der Waals surface area contributed by atoms with E-state index in [9.17, 15) is 0 Å². The van der Waals surface area contributed by atoms with Crippen LogP contribution in [0.3, 0.4) is 0 Å². The van der Waals surface area contributed by atoms with E-state index in [1.54, 1.807) is 5.51 Å². The minimum Gasteiger partial charge on any atom is -0.147 e. The Kier molecular flexibility index (Phi) is 3.00. The van der Waals surface area contributed by atoms with Crippen molar-refractivity contribution < 1.29 is 0 Å². The first-order chi connectivity index (χ1) is 7.48. The molecular weight excluding hydrogens is 240 g/mol. The second kappa shape index (κ2) is 4.15. The SMILES string of the molecule is CC(C)(C)c1ccc(Cl)cc1-c1nncs1. The number of aromatic nitrogens is 2. The summed E-state index contributed by atoms with van der Waals surface area (Å²) in [6, 6.07) is 5.95. The summed E-state index contributed by atoms with van der Waals surface area (Å²) < 4.78 is 0. The number of halogens is 1. The second-order valence-corrected chi connectivity index (χ2v) is 5.95. The third-order valence-electron chi connectivity index (χ3n) is 2.38. The van der Waals surface area contributed by atoms with E-state index in [0.29, 0.717) is 0 Å². The molecule has 84 valence electrons. The predicted octanol–water partition coefficient (Wildman–Crippen LogP) is 4.16. The lowest BCUT2D eigenvalue weighted by Gasteiger charge is -2.22. The van der Waals surface area contributed by atoms with E-state index in [4.69, 9.17) is 11.6 Å². The molecule has 0 aliphatic carbocycles. The number of hydrogen-bond acceptors (Lipinski definition) is 3. The largest absolute Gasteiger partial charge is 0.147 e. The zero-order valence-electron chi connectivity index (χ0n) is 9.49. The summed E-state index contributed by atoms with van der Waals surface area (Å²) in [6.45, 7) is 6.54. The summed E-state index contributed by atoms with van der Waals surface area (Å²) in [5, 5.41) is 9.65. The van der Waals surface area contributed by atoms with Gasteiger partial charge in [-0.1, -0.05) is 49.8 Å². The Hall–Kier alpha value is -0.930. The van der Waals surface area contributed by atoms with Crippen molar-refractivity contribution in [1.29, 1.82) is 0 Å². The number of benzene rings is 1. The molecule has 0 amide bonds. The van der Waals surface area contributed by atoms with Gasteiger partial charge in [-0.05, 0) is 23.1 Å². The smallest absolute Gasteiger partial charge is 0.147 e. The van der Waals surface area contributed by atoms with Gasteiger partial charge in [0.25, 0.3) is 0 Å². The normalized spacial score (nSPS) is 11.8. The Labute approximate surface area is 104 Å². The maximum Gasteiger partial charge on any atom is 0.147 e. The van der Waals surface area contributed by atoms with Crippen LogP contribution < -0.4 is 0 Å². The number of rotatable bonds is 1. The van der Waals surface area contributed by atoms with E-state index in [1.165, 1.54) is 16.9 Å². The molecule has 16 heavy (non-hydrogen) atoms. The van der Waals surface area contributed by atoms with Gasteiger partial charge >= 0.3 is 0 Å². The lowest BCUT2D eigenvalue weighted by Crippen LogP contribution is -2.12. The molecule has 1 aromatic carbocycles. The lowest BCUT2D eigenvalue weighted by atomic mass is 9.84. The molecule has 0 aliphatic heterocycles. The maximum atomic E-state index is 6.04. The van der Waals surface area contributed by atoms with Crippen molar-refractivity contribution in [2.24, 2.45) is 0 Å². The highest BCUT2D eigenvalue weighted by molar-refractivity contribution is 7.12. The second-order valence-electron chi connectivity index (χ2n) is 4.68. The van der Waals surface area contributed by atoms with Crippen LogP contribution in [-0.2, 0) is 5.41 Å². The van der Waals surface area contributed by atoms with Crippen molar-refractivity contribution in [3.63, 3.8) is 0 Å². The standard InChI is InChI=1S/C12H13ClN2S/c1-12(2,3)10-5-4-8(13)6-9(10)11-15-14-7-16-11/h4-7H,1-3H3. The Balaban J connectivity index is 2.63. The Morgan fingerprint density at radius 2 is 2.00 bits per heavy atom. The highest BCUT2D eigenvalue weighted by atomic mass is 35.5. The van der Waals surface area contributed by atoms with Gasteiger partial charge in [0.2, 0.25) is 0 Å². The highest BCUT2D eigenvalue weighted by Gasteiger charge is 2.20. The van der Waals surface area contributed by atoms with Crippen LogP contribution in [0.1, 0.15) is 26.3 Å². The van der Waals surface area contributed by atoms with E-state index in [1.807, 2.05) is 12.1 Å². The molecule has 0 saturated heterocycles. The third-order valence-corrected chi connectivity index (χ3v) is 3.34. The highest BCUT2D eigenvalue weighted by Crippen LogP contribution is 2.35. The molecule has 1 heterocycles. The molecule has 1 aromatic heterocycles. The van der Waals surface area contributed by atoms with Crippen molar-refractivity contribution in [3.05, 3.63) is 34.3 Å². The minimum absolute atomic E-state index is 0.0750. The van der Waals surface area contributed by atoms with E-state index in [2.05, 4.69) is 37.0 Å². The topological polar surface area (TPSA) is 25.8 Å². The van der Waals surface area contributed by atoms with Crippen LogP contribution >= 0.6 is 22.9 Å². The molecular formula is C12H13ClN2S. The molecule has 0 spiro atoms. The lowest BCUT2D eigenvalue weighted by molar-refractivity contribution is 0.592. The molecule has 4 heteroatoms. The van der Waals surface area contributed by atoms with Crippen molar-refractivity contribution in [2.45, 2.75) is 26.2 Å². The van der Waals surface area contributed by atoms with Gasteiger partial charge in [-0.25, -0.2) is 0 Å². The van der Waals surface area contributed by atoms with E-state index < -0.39 is 0 Å². The van der Waals surface area contributed by atoms with Crippen LogP contribution in [0, 0.1) is 0 Å². The van der Waals surface area contributed by atoms with Gasteiger partial charge in [0.1, 0.15) is 10.5 Å². The fourth-order valence-electron chi connectivity index (χ4n) is 1.64. The molecule has 0 radical (unpaired) electrons. The summed E-state index contributed by atoms with van der Waals surface area (Å²) in [5.74, 6) is 0. The van der Waals surface area contributed by atoms with Gasteiger partial charge in [-0.15, -0.1) is 10.2 Å². The van der Waals surface area contributed by atoms with Gasteiger partial charge in [0.15, 0.2) is 0 Å². The zero-order valence-corrected chi connectivity index (χ0v) is 11.1. The van der Waals surface area contributed by atoms with Crippen molar-refractivity contribution >= 4 is 22.9 Å². The zero-order chi connectivity index (χ0) is 11.8. The van der Waals surface area contributed by atoms with Crippen molar-refractivity contribution in [1.82, 2.24) is 10.2 Å². The molecule has 0 bridgehead atoms. The minimum atomic E-state index is 0.0750. The Morgan fingerprint density at radius 1 is 1.25 bits per heavy atom. The predicted molar refractivity (Wildman–Crippen MR) is 69.1 cm³/mol. The quantitative estimate of drug-likeness (QED) is 0.762. The summed E-state index contributed by atoms with van der Waals surface area (Å²) in [6.07, 6.45) is 0. The van der Waals surface area contributed by atoms with Crippen LogP contribution in [0.5, 0.6) is 0 Å². The molecule has 2 rings (SSSR count). The number of nitrogens with zero attached hydrogens (tertiary/aromatic N) is 2. The van der Waals surface area contributed by atoms with Crippen LogP contribution in [0.2, 0.25) is 5.02 Å². The number of hydrogen-bond donors (Lipinski definition) is 0. The molecule has 0 atom stereocenters. The maximum absolute atomic E-state index is 6.04. The molecule has 0 saturated carbocycles. The summed E-state index contributed by atoms with van der Waals surface area (Å²) >= 11 is 7.57. The first kappa shape index (κ1) is 11.6. The van der Waals surface area contributed by atoms with Crippen molar-refractivity contribution in [2.75, 3.05) is 0 Å². The average molecular weight is 253 g/mol. The van der Waals surface area contributed by atoms with Gasteiger partial charge in [-0.3, -0.25) is 0 Å². The first-order valence-electron chi connectivity index (χ1n) is 5.05.